The maximum Gasteiger partial charge on any atom is 0.0938 e. The Hall–Kier alpha value is -0.900. The molecule has 0 unspecified atom stereocenters. The molecule has 0 saturated carbocycles. The number of halogens is 1. The number of rotatable bonds is 2. The predicted octanol–water partition coefficient (Wildman–Crippen LogP) is 2.98. The quantitative estimate of drug-likeness (QED) is 0.888. The van der Waals surface area contributed by atoms with Gasteiger partial charge in [-0.3, -0.25) is 0 Å². The van der Waals surface area contributed by atoms with E-state index in [0.29, 0.717) is 0 Å². The van der Waals surface area contributed by atoms with Gasteiger partial charge in [0, 0.05) is 10.5 Å². The van der Waals surface area contributed by atoms with Crippen LogP contribution in [0.5, 0.6) is 0 Å². The van der Waals surface area contributed by atoms with Crippen LogP contribution in [0.3, 0.4) is 0 Å². The summed E-state index contributed by atoms with van der Waals surface area (Å²) in [7, 11) is 0. The zero-order valence-electron chi connectivity index (χ0n) is 9.02. The Bertz CT molecular complexity index is 510. The van der Waals surface area contributed by atoms with Crippen LogP contribution < -0.4 is 5.73 Å². The van der Waals surface area contributed by atoms with Crippen LogP contribution in [-0.4, -0.2) is 11.1 Å². The third-order valence-corrected chi connectivity index (χ3v) is 3.16. The normalized spacial score (nSPS) is 15.0. The number of hydrogen-bond acceptors (Lipinski definition) is 2. The monoisotopic (exact) mass is 279 g/mol. The summed E-state index contributed by atoms with van der Waals surface area (Å²) in [6.45, 7) is 1.80. The Morgan fingerprint density at radius 2 is 1.75 bits per heavy atom. The molecule has 3 N–H and O–H groups in total. The smallest absolute Gasteiger partial charge is 0.0938 e. The van der Waals surface area contributed by atoms with Crippen molar-refractivity contribution in [3.05, 3.63) is 46.4 Å². The largest absolute Gasteiger partial charge is 0.387 e. The summed E-state index contributed by atoms with van der Waals surface area (Å²) in [5, 5.41) is 12.1. The van der Waals surface area contributed by atoms with Gasteiger partial charge in [0.1, 0.15) is 0 Å². The lowest BCUT2D eigenvalue weighted by Gasteiger charge is -2.15. The van der Waals surface area contributed by atoms with Gasteiger partial charge in [0.15, 0.2) is 0 Å². The second-order valence-corrected chi connectivity index (χ2v) is 4.97. The van der Waals surface area contributed by atoms with Crippen LogP contribution in [0.2, 0.25) is 0 Å². The van der Waals surface area contributed by atoms with E-state index < -0.39 is 6.10 Å². The molecule has 0 fully saturated rings. The highest BCUT2D eigenvalue weighted by Crippen LogP contribution is 2.24. The van der Waals surface area contributed by atoms with Crippen LogP contribution in [-0.2, 0) is 0 Å². The molecule has 0 radical (unpaired) electrons. The fourth-order valence-electron chi connectivity index (χ4n) is 1.72. The van der Waals surface area contributed by atoms with Crippen molar-refractivity contribution in [3.8, 4) is 0 Å². The minimum absolute atomic E-state index is 0.257. The second kappa shape index (κ2) is 4.53. The molecule has 2 aromatic rings. The molecule has 0 aliphatic rings. The van der Waals surface area contributed by atoms with E-state index in [1.165, 1.54) is 0 Å². The third-order valence-electron chi connectivity index (χ3n) is 2.67. The highest BCUT2D eigenvalue weighted by Gasteiger charge is 2.12. The van der Waals surface area contributed by atoms with Crippen LogP contribution in [0, 0.1) is 0 Å². The van der Waals surface area contributed by atoms with Crippen LogP contribution in [0.15, 0.2) is 40.9 Å². The molecule has 2 nitrogen and oxygen atoms in total. The lowest BCUT2D eigenvalue weighted by Crippen LogP contribution is -2.24. The van der Waals surface area contributed by atoms with Gasteiger partial charge in [0.25, 0.3) is 0 Å². The van der Waals surface area contributed by atoms with Gasteiger partial charge in [-0.2, -0.15) is 0 Å². The van der Waals surface area contributed by atoms with Crippen LogP contribution in [0.4, 0.5) is 0 Å². The van der Waals surface area contributed by atoms with E-state index in [9.17, 15) is 5.11 Å². The highest BCUT2D eigenvalue weighted by atomic mass is 79.9. The maximum absolute atomic E-state index is 9.88. The van der Waals surface area contributed by atoms with E-state index in [2.05, 4.69) is 22.0 Å². The molecule has 0 aliphatic carbocycles. The molecule has 84 valence electrons. The molecular weight excluding hydrogens is 266 g/mol. The fourth-order valence-corrected chi connectivity index (χ4v) is 2.10. The Kier molecular flexibility index (Phi) is 3.28. The molecule has 0 saturated heterocycles. The standard InChI is InChI=1S/C13H14BrNO/c1-8(15)13(16)11-3-2-10-7-12(14)5-4-9(10)6-11/h2-8,13,16H,15H2,1H3/t8-,13-/m0/s1. The van der Waals surface area contributed by atoms with Crippen molar-refractivity contribution in [1.29, 1.82) is 0 Å². The second-order valence-electron chi connectivity index (χ2n) is 4.05. The Balaban J connectivity index is 2.48. The third kappa shape index (κ3) is 2.26. The Morgan fingerprint density at radius 3 is 2.44 bits per heavy atom. The number of fused-ring (bicyclic) bond motifs is 1. The van der Waals surface area contributed by atoms with Gasteiger partial charge >= 0.3 is 0 Å². The van der Waals surface area contributed by atoms with E-state index in [4.69, 9.17) is 5.73 Å². The van der Waals surface area contributed by atoms with E-state index in [-0.39, 0.29) is 6.04 Å². The van der Waals surface area contributed by atoms with Crippen LogP contribution >= 0.6 is 15.9 Å². The molecule has 0 aliphatic heterocycles. The summed E-state index contributed by atoms with van der Waals surface area (Å²) in [5.41, 5.74) is 6.54. The van der Waals surface area contributed by atoms with Crippen LogP contribution in [0.1, 0.15) is 18.6 Å². The van der Waals surface area contributed by atoms with Crippen molar-refractivity contribution in [2.24, 2.45) is 5.73 Å². The fraction of sp³-hybridized carbons (Fsp3) is 0.231. The van der Waals surface area contributed by atoms with E-state index in [1.54, 1.807) is 6.92 Å². The molecule has 0 heterocycles. The van der Waals surface area contributed by atoms with Crippen molar-refractivity contribution < 1.29 is 5.11 Å². The highest BCUT2D eigenvalue weighted by molar-refractivity contribution is 9.10. The molecule has 0 amide bonds. The zero-order chi connectivity index (χ0) is 11.7. The Labute approximate surface area is 103 Å². The lowest BCUT2D eigenvalue weighted by atomic mass is 10.0. The zero-order valence-corrected chi connectivity index (χ0v) is 10.6. The van der Waals surface area contributed by atoms with Gasteiger partial charge in [-0.15, -0.1) is 0 Å². The van der Waals surface area contributed by atoms with Gasteiger partial charge in [0.05, 0.1) is 6.10 Å². The SMILES string of the molecule is C[C@H](N)[C@H](O)c1ccc2cc(Br)ccc2c1. The number of aliphatic hydroxyl groups excluding tert-OH is 1. The summed E-state index contributed by atoms with van der Waals surface area (Å²) in [6.07, 6.45) is -0.604. The lowest BCUT2D eigenvalue weighted by molar-refractivity contribution is 0.153. The average molecular weight is 280 g/mol. The van der Waals surface area contributed by atoms with Crippen molar-refractivity contribution in [3.63, 3.8) is 0 Å². The first-order chi connectivity index (χ1) is 7.58. The molecule has 0 bridgehead atoms. The molecule has 3 heteroatoms. The van der Waals surface area contributed by atoms with Gasteiger partial charge in [-0.05, 0) is 41.5 Å². The maximum atomic E-state index is 9.88. The molecule has 2 atom stereocenters. The van der Waals surface area contributed by atoms with Gasteiger partial charge in [-0.25, -0.2) is 0 Å². The minimum atomic E-state index is -0.604. The first-order valence-corrected chi connectivity index (χ1v) is 6.00. The van der Waals surface area contributed by atoms with Crippen molar-refractivity contribution >= 4 is 26.7 Å². The first kappa shape index (κ1) is 11.6. The number of hydrogen-bond donors (Lipinski definition) is 2. The summed E-state index contributed by atoms with van der Waals surface area (Å²) in [5.74, 6) is 0. The molecular formula is C13H14BrNO. The van der Waals surface area contributed by atoms with E-state index in [1.807, 2.05) is 30.3 Å². The molecule has 0 spiro atoms. The number of benzene rings is 2. The van der Waals surface area contributed by atoms with Gasteiger partial charge in [-0.1, -0.05) is 34.1 Å². The van der Waals surface area contributed by atoms with Crippen molar-refractivity contribution in [2.75, 3.05) is 0 Å². The summed E-state index contributed by atoms with van der Waals surface area (Å²) in [6, 6.07) is 11.7. The van der Waals surface area contributed by atoms with Crippen LogP contribution in [0.25, 0.3) is 10.8 Å². The summed E-state index contributed by atoms with van der Waals surface area (Å²) < 4.78 is 1.06. The summed E-state index contributed by atoms with van der Waals surface area (Å²) >= 11 is 3.43. The minimum Gasteiger partial charge on any atom is -0.387 e. The summed E-state index contributed by atoms with van der Waals surface area (Å²) in [4.78, 5) is 0. The predicted molar refractivity (Wildman–Crippen MR) is 70.3 cm³/mol. The van der Waals surface area contributed by atoms with E-state index >= 15 is 0 Å². The molecule has 2 aromatic carbocycles. The molecule has 16 heavy (non-hydrogen) atoms. The average Bonchev–Trinajstić information content (AvgIpc) is 2.27. The van der Waals surface area contributed by atoms with Crippen molar-refractivity contribution in [2.45, 2.75) is 19.1 Å². The van der Waals surface area contributed by atoms with E-state index in [0.717, 1.165) is 20.8 Å². The van der Waals surface area contributed by atoms with Gasteiger partial charge in [0.2, 0.25) is 0 Å². The topological polar surface area (TPSA) is 46.2 Å². The number of nitrogens with two attached hydrogens (primary N) is 1. The van der Waals surface area contributed by atoms with Crippen molar-refractivity contribution in [1.82, 2.24) is 0 Å². The molecule has 0 aromatic heterocycles. The first-order valence-electron chi connectivity index (χ1n) is 5.21. The molecule has 2 rings (SSSR count). The number of aliphatic hydroxyl groups is 1. The Morgan fingerprint density at radius 1 is 1.12 bits per heavy atom. The van der Waals surface area contributed by atoms with Gasteiger partial charge < -0.3 is 10.8 Å².